The molecule has 0 aliphatic heterocycles. The number of anilines is 3. The molecule has 9 aromatic rings. The number of para-hydroxylation sites is 3. The lowest BCUT2D eigenvalue weighted by Crippen LogP contribution is -2.15. The molecular formula is C49H35N5O. The lowest BCUT2D eigenvalue weighted by atomic mass is 9.81. The van der Waals surface area contributed by atoms with Gasteiger partial charge >= 0.3 is 0 Å². The standard InChI is InChI=1S/C49H35N5O/c1-49(2)41-18-10-9-17-39(41)40-30-25-35(31-42(40)49)46-45(50-43-19-11-12-20-44(43)51-46)32-21-26-37(27-22-32)54(36-15-7-4-8-16-36)38-28-23-34(24-29-38)48-53-52-47(55-48)33-13-5-3-6-14-33/h3-31H,1-2H3. The van der Waals surface area contributed by atoms with Crippen LogP contribution in [0.4, 0.5) is 17.1 Å². The predicted octanol–water partition coefficient (Wildman–Crippen LogP) is 12.5. The predicted molar refractivity (Wildman–Crippen MR) is 221 cm³/mol. The van der Waals surface area contributed by atoms with Crippen LogP contribution in [0.5, 0.6) is 0 Å². The highest BCUT2D eigenvalue weighted by Gasteiger charge is 2.35. The molecule has 0 spiro atoms. The molecule has 0 fully saturated rings. The Labute approximate surface area is 319 Å². The van der Waals surface area contributed by atoms with Crippen molar-refractivity contribution in [1.29, 1.82) is 0 Å². The van der Waals surface area contributed by atoms with Crippen LogP contribution in [0, 0.1) is 0 Å². The van der Waals surface area contributed by atoms with Crippen LogP contribution in [-0.2, 0) is 5.41 Å². The van der Waals surface area contributed by atoms with Gasteiger partial charge in [0.25, 0.3) is 0 Å². The van der Waals surface area contributed by atoms with Crippen LogP contribution in [0.1, 0.15) is 25.0 Å². The van der Waals surface area contributed by atoms with Gasteiger partial charge in [0.1, 0.15) is 0 Å². The summed E-state index contributed by atoms with van der Waals surface area (Å²) in [6.45, 7) is 4.62. The van der Waals surface area contributed by atoms with Crippen molar-refractivity contribution in [2.24, 2.45) is 0 Å². The summed E-state index contributed by atoms with van der Waals surface area (Å²) in [4.78, 5) is 12.7. The van der Waals surface area contributed by atoms with Crippen molar-refractivity contribution in [2.75, 3.05) is 4.90 Å². The molecule has 2 aromatic heterocycles. The number of rotatable bonds is 7. The summed E-state index contributed by atoms with van der Waals surface area (Å²) in [7, 11) is 0. The fraction of sp³-hybridized carbons (Fsp3) is 0.0612. The van der Waals surface area contributed by atoms with E-state index < -0.39 is 0 Å². The molecule has 0 unspecified atom stereocenters. The zero-order chi connectivity index (χ0) is 36.9. The van der Waals surface area contributed by atoms with Crippen molar-refractivity contribution in [3.8, 4) is 56.6 Å². The van der Waals surface area contributed by atoms with Gasteiger partial charge in [0.15, 0.2) is 0 Å². The quantitative estimate of drug-likeness (QED) is 0.164. The molecule has 0 radical (unpaired) electrons. The molecule has 1 aliphatic rings. The van der Waals surface area contributed by atoms with E-state index in [9.17, 15) is 0 Å². The minimum atomic E-state index is -0.121. The summed E-state index contributed by atoms with van der Waals surface area (Å²) in [6.07, 6.45) is 0. The van der Waals surface area contributed by atoms with E-state index in [1.165, 1.54) is 22.3 Å². The van der Waals surface area contributed by atoms with Crippen molar-refractivity contribution in [3.05, 3.63) is 187 Å². The summed E-state index contributed by atoms with van der Waals surface area (Å²) in [5.41, 5.74) is 15.4. The lowest BCUT2D eigenvalue weighted by molar-refractivity contribution is 0.584. The van der Waals surface area contributed by atoms with Crippen LogP contribution in [0.3, 0.4) is 0 Å². The highest BCUT2D eigenvalue weighted by molar-refractivity contribution is 5.90. The number of nitrogens with zero attached hydrogens (tertiary/aromatic N) is 5. The minimum absolute atomic E-state index is 0.121. The van der Waals surface area contributed by atoms with E-state index in [0.29, 0.717) is 11.8 Å². The van der Waals surface area contributed by atoms with Crippen molar-refractivity contribution in [2.45, 2.75) is 19.3 Å². The summed E-state index contributed by atoms with van der Waals surface area (Å²) < 4.78 is 6.05. The SMILES string of the molecule is CC1(C)c2ccccc2-c2ccc(-c3nc4ccccc4nc3-c3ccc(N(c4ccccc4)c4ccc(-c5nnc(-c6ccccc6)o5)cc4)cc3)cc21. The second-order valence-corrected chi connectivity index (χ2v) is 14.4. The summed E-state index contributed by atoms with van der Waals surface area (Å²) in [6, 6.07) is 60.7. The van der Waals surface area contributed by atoms with Crippen LogP contribution in [-0.4, -0.2) is 20.2 Å². The molecule has 1 aliphatic carbocycles. The van der Waals surface area contributed by atoms with E-state index in [1.54, 1.807) is 0 Å². The largest absolute Gasteiger partial charge is 0.416 e. The van der Waals surface area contributed by atoms with Gasteiger partial charge < -0.3 is 9.32 Å². The second kappa shape index (κ2) is 13.0. The molecule has 10 rings (SSSR count). The number of aromatic nitrogens is 4. The number of hydrogen-bond acceptors (Lipinski definition) is 6. The molecule has 6 heteroatoms. The maximum atomic E-state index is 6.05. The van der Waals surface area contributed by atoms with Gasteiger partial charge in [-0.2, -0.15) is 0 Å². The smallest absolute Gasteiger partial charge is 0.248 e. The first-order chi connectivity index (χ1) is 27.0. The van der Waals surface area contributed by atoms with E-state index in [0.717, 1.165) is 61.7 Å². The van der Waals surface area contributed by atoms with Gasteiger partial charge in [0.2, 0.25) is 11.8 Å². The lowest BCUT2D eigenvalue weighted by Gasteiger charge is -2.26. The molecule has 0 atom stereocenters. The van der Waals surface area contributed by atoms with Crippen LogP contribution < -0.4 is 4.90 Å². The molecule has 0 N–H and O–H groups in total. The maximum absolute atomic E-state index is 6.05. The van der Waals surface area contributed by atoms with E-state index in [2.05, 4.69) is 132 Å². The Morgan fingerprint density at radius 2 is 0.891 bits per heavy atom. The van der Waals surface area contributed by atoms with Crippen molar-refractivity contribution in [3.63, 3.8) is 0 Å². The van der Waals surface area contributed by atoms with Gasteiger partial charge in [-0.15, -0.1) is 10.2 Å². The zero-order valence-corrected chi connectivity index (χ0v) is 30.4. The Morgan fingerprint density at radius 3 is 1.55 bits per heavy atom. The molecule has 0 amide bonds. The molecule has 7 aromatic carbocycles. The Morgan fingerprint density at radius 1 is 0.418 bits per heavy atom. The van der Waals surface area contributed by atoms with Gasteiger partial charge in [-0.05, 0) is 101 Å². The van der Waals surface area contributed by atoms with Gasteiger partial charge in [-0.3, -0.25) is 0 Å². The van der Waals surface area contributed by atoms with Crippen molar-refractivity contribution >= 4 is 28.1 Å². The summed E-state index contributed by atoms with van der Waals surface area (Å²) in [5.74, 6) is 0.973. The molecule has 6 nitrogen and oxygen atoms in total. The average molecular weight is 710 g/mol. The molecular weight excluding hydrogens is 675 g/mol. The van der Waals surface area contributed by atoms with E-state index in [4.69, 9.17) is 14.4 Å². The first-order valence-electron chi connectivity index (χ1n) is 18.5. The Hall–Kier alpha value is -7.18. The molecule has 0 bridgehead atoms. The fourth-order valence-electron chi connectivity index (χ4n) is 7.84. The Balaban J connectivity index is 1.03. The maximum Gasteiger partial charge on any atom is 0.248 e. The third-order valence-electron chi connectivity index (χ3n) is 10.7. The first-order valence-corrected chi connectivity index (χ1v) is 18.5. The first kappa shape index (κ1) is 32.5. The second-order valence-electron chi connectivity index (χ2n) is 14.4. The number of benzene rings is 7. The number of fused-ring (bicyclic) bond motifs is 4. The van der Waals surface area contributed by atoms with E-state index >= 15 is 0 Å². The zero-order valence-electron chi connectivity index (χ0n) is 30.4. The van der Waals surface area contributed by atoms with Gasteiger partial charge in [0.05, 0.1) is 22.4 Å². The third-order valence-corrected chi connectivity index (χ3v) is 10.7. The highest BCUT2D eigenvalue weighted by Crippen LogP contribution is 2.50. The molecule has 2 heterocycles. The molecule has 55 heavy (non-hydrogen) atoms. The van der Waals surface area contributed by atoms with E-state index in [-0.39, 0.29) is 5.41 Å². The van der Waals surface area contributed by atoms with Gasteiger partial charge in [0, 0.05) is 44.7 Å². The van der Waals surface area contributed by atoms with Crippen LogP contribution in [0.25, 0.3) is 67.6 Å². The van der Waals surface area contributed by atoms with Gasteiger partial charge in [-0.25, -0.2) is 9.97 Å². The summed E-state index contributed by atoms with van der Waals surface area (Å²) in [5, 5.41) is 8.62. The average Bonchev–Trinajstić information content (AvgIpc) is 3.83. The summed E-state index contributed by atoms with van der Waals surface area (Å²) >= 11 is 0. The third kappa shape index (κ3) is 5.67. The van der Waals surface area contributed by atoms with Crippen molar-refractivity contribution < 1.29 is 4.42 Å². The monoisotopic (exact) mass is 709 g/mol. The Kier molecular flexibility index (Phi) is 7.70. The molecule has 262 valence electrons. The number of hydrogen-bond donors (Lipinski definition) is 0. The normalized spacial score (nSPS) is 12.7. The van der Waals surface area contributed by atoms with Gasteiger partial charge in [-0.1, -0.05) is 111 Å². The fourth-order valence-corrected chi connectivity index (χ4v) is 7.84. The van der Waals surface area contributed by atoms with Crippen LogP contribution in [0.2, 0.25) is 0 Å². The molecule has 0 saturated carbocycles. The minimum Gasteiger partial charge on any atom is -0.416 e. The highest BCUT2D eigenvalue weighted by atomic mass is 16.4. The van der Waals surface area contributed by atoms with Crippen LogP contribution in [0.15, 0.2) is 180 Å². The van der Waals surface area contributed by atoms with Crippen molar-refractivity contribution in [1.82, 2.24) is 20.2 Å². The topological polar surface area (TPSA) is 67.9 Å². The molecule has 0 saturated heterocycles. The Bertz CT molecular complexity index is 2830. The van der Waals surface area contributed by atoms with E-state index in [1.807, 2.05) is 72.8 Å². The van der Waals surface area contributed by atoms with Crippen LogP contribution >= 0.6 is 0 Å².